The standard InChI is InChI=1S/C18H22F3N5O/c1-26-13(10-14(25-26)18(19,20)21)12-7-8-15(24-17(12)22)23-16(27)9-11-5-3-2-4-6-11/h7-8,10-11H,2-6,9H2,1H3,(H3,22,23,24,27). The SMILES string of the molecule is Cn1nc(C(F)(F)F)cc1-c1ccc(NC(=O)CC2CCCCC2)nc1N. The number of hydrogen-bond acceptors (Lipinski definition) is 4. The Morgan fingerprint density at radius 3 is 2.59 bits per heavy atom. The number of halogens is 3. The minimum atomic E-state index is -4.54. The number of anilines is 2. The topological polar surface area (TPSA) is 85.8 Å². The molecule has 1 aliphatic rings. The monoisotopic (exact) mass is 381 g/mol. The van der Waals surface area contributed by atoms with Crippen molar-refractivity contribution in [2.75, 3.05) is 11.1 Å². The summed E-state index contributed by atoms with van der Waals surface area (Å²) in [4.78, 5) is 16.3. The number of pyridine rings is 1. The van der Waals surface area contributed by atoms with E-state index in [1.165, 1.54) is 25.6 Å². The van der Waals surface area contributed by atoms with Crippen LogP contribution in [-0.2, 0) is 18.0 Å². The summed E-state index contributed by atoms with van der Waals surface area (Å²) >= 11 is 0. The lowest BCUT2D eigenvalue weighted by Gasteiger charge is -2.20. The molecule has 9 heteroatoms. The van der Waals surface area contributed by atoms with Gasteiger partial charge in [0.05, 0.1) is 5.69 Å². The number of hydrogen-bond donors (Lipinski definition) is 2. The van der Waals surface area contributed by atoms with Gasteiger partial charge in [0, 0.05) is 19.0 Å². The maximum atomic E-state index is 12.8. The molecule has 2 aromatic heterocycles. The minimum Gasteiger partial charge on any atom is -0.383 e. The second kappa shape index (κ2) is 7.58. The van der Waals surface area contributed by atoms with E-state index in [1.54, 1.807) is 0 Å². The Morgan fingerprint density at radius 2 is 2.00 bits per heavy atom. The Morgan fingerprint density at radius 1 is 1.30 bits per heavy atom. The lowest BCUT2D eigenvalue weighted by atomic mass is 9.87. The maximum Gasteiger partial charge on any atom is 0.435 e. The molecule has 0 bridgehead atoms. The molecule has 3 rings (SSSR count). The van der Waals surface area contributed by atoms with Crippen molar-refractivity contribution >= 4 is 17.5 Å². The normalized spacial score (nSPS) is 15.7. The van der Waals surface area contributed by atoms with Crippen molar-refractivity contribution in [3.63, 3.8) is 0 Å². The average molecular weight is 381 g/mol. The molecule has 0 radical (unpaired) electrons. The zero-order valence-electron chi connectivity index (χ0n) is 15.0. The Bertz CT molecular complexity index is 825. The lowest BCUT2D eigenvalue weighted by molar-refractivity contribution is -0.141. The minimum absolute atomic E-state index is 0.0298. The molecule has 146 valence electrons. The van der Waals surface area contributed by atoms with E-state index in [9.17, 15) is 18.0 Å². The van der Waals surface area contributed by atoms with Crippen LogP contribution in [-0.4, -0.2) is 20.7 Å². The molecule has 0 saturated heterocycles. The van der Waals surface area contributed by atoms with Gasteiger partial charge in [-0.25, -0.2) is 4.98 Å². The molecule has 2 aromatic rings. The van der Waals surface area contributed by atoms with Crippen LogP contribution in [0.1, 0.15) is 44.2 Å². The van der Waals surface area contributed by atoms with Crippen molar-refractivity contribution in [3.05, 3.63) is 23.9 Å². The number of rotatable bonds is 4. The van der Waals surface area contributed by atoms with Gasteiger partial charge in [-0.05, 0) is 37.0 Å². The fraction of sp³-hybridized carbons (Fsp3) is 0.500. The fourth-order valence-corrected chi connectivity index (χ4v) is 3.47. The summed E-state index contributed by atoms with van der Waals surface area (Å²) in [5.41, 5.74) is 5.45. The number of nitrogens with one attached hydrogen (secondary N) is 1. The molecule has 1 fully saturated rings. The highest BCUT2D eigenvalue weighted by Gasteiger charge is 2.35. The average Bonchev–Trinajstić information content (AvgIpc) is 2.98. The van der Waals surface area contributed by atoms with Gasteiger partial charge in [-0.15, -0.1) is 0 Å². The van der Waals surface area contributed by atoms with Crippen molar-refractivity contribution < 1.29 is 18.0 Å². The highest BCUT2D eigenvalue weighted by molar-refractivity contribution is 5.90. The first kappa shape index (κ1) is 19.2. The van der Waals surface area contributed by atoms with Crippen molar-refractivity contribution in [2.45, 2.75) is 44.7 Å². The van der Waals surface area contributed by atoms with Crippen LogP contribution in [0.25, 0.3) is 11.3 Å². The summed E-state index contributed by atoms with van der Waals surface area (Å²) in [5.74, 6) is 0.588. The summed E-state index contributed by atoms with van der Waals surface area (Å²) < 4.78 is 39.6. The van der Waals surface area contributed by atoms with Gasteiger partial charge in [0.1, 0.15) is 11.6 Å². The van der Waals surface area contributed by atoms with Gasteiger partial charge in [-0.1, -0.05) is 19.3 Å². The second-order valence-electron chi connectivity index (χ2n) is 6.92. The number of aromatic nitrogens is 3. The van der Waals surface area contributed by atoms with E-state index < -0.39 is 11.9 Å². The predicted octanol–water partition coefficient (Wildman–Crippen LogP) is 3.99. The van der Waals surface area contributed by atoms with Crippen LogP contribution in [0, 0.1) is 5.92 Å². The molecular weight excluding hydrogens is 359 g/mol. The van der Waals surface area contributed by atoms with Gasteiger partial charge in [-0.3, -0.25) is 9.48 Å². The molecular formula is C18H22F3N5O. The zero-order valence-corrected chi connectivity index (χ0v) is 15.0. The molecule has 6 nitrogen and oxygen atoms in total. The molecule has 0 aromatic carbocycles. The first-order chi connectivity index (χ1) is 12.7. The molecule has 3 N–H and O–H groups in total. The third-order valence-electron chi connectivity index (χ3n) is 4.84. The van der Waals surface area contributed by atoms with E-state index in [1.807, 2.05) is 0 Å². The van der Waals surface area contributed by atoms with E-state index in [-0.39, 0.29) is 23.2 Å². The van der Waals surface area contributed by atoms with Crippen LogP contribution in [0.15, 0.2) is 18.2 Å². The number of alkyl halides is 3. The van der Waals surface area contributed by atoms with Crippen molar-refractivity contribution in [1.82, 2.24) is 14.8 Å². The molecule has 1 amide bonds. The Balaban J connectivity index is 1.72. The number of aryl methyl sites for hydroxylation is 1. The molecule has 0 atom stereocenters. The number of carbonyl (C=O) groups excluding carboxylic acids is 1. The summed E-state index contributed by atoms with van der Waals surface area (Å²) in [6, 6.07) is 4.00. The maximum absolute atomic E-state index is 12.8. The van der Waals surface area contributed by atoms with Crippen LogP contribution >= 0.6 is 0 Å². The van der Waals surface area contributed by atoms with Crippen LogP contribution < -0.4 is 11.1 Å². The number of nitrogens with zero attached hydrogens (tertiary/aromatic N) is 3. The highest BCUT2D eigenvalue weighted by Crippen LogP contribution is 2.33. The van der Waals surface area contributed by atoms with E-state index in [2.05, 4.69) is 15.4 Å². The summed E-state index contributed by atoms with van der Waals surface area (Å²) in [5, 5.41) is 6.19. The van der Waals surface area contributed by atoms with Crippen LogP contribution in [0.5, 0.6) is 0 Å². The van der Waals surface area contributed by atoms with Gasteiger partial charge in [0.2, 0.25) is 5.91 Å². The van der Waals surface area contributed by atoms with Crippen molar-refractivity contribution in [2.24, 2.45) is 13.0 Å². The Labute approximate surface area is 155 Å². The molecule has 0 aliphatic heterocycles. The van der Waals surface area contributed by atoms with Crippen molar-refractivity contribution in [3.8, 4) is 11.3 Å². The van der Waals surface area contributed by atoms with Crippen LogP contribution in [0.3, 0.4) is 0 Å². The van der Waals surface area contributed by atoms with Crippen LogP contribution in [0.4, 0.5) is 24.8 Å². The smallest absolute Gasteiger partial charge is 0.383 e. The Hall–Kier alpha value is -2.58. The van der Waals surface area contributed by atoms with Gasteiger partial charge in [-0.2, -0.15) is 18.3 Å². The third-order valence-corrected chi connectivity index (χ3v) is 4.84. The van der Waals surface area contributed by atoms with Gasteiger partial charge >= 0.3 is 6.18 Å². The third kappa shape index (κ3) is 4.58. The quantitative estimate of drug-likeness (QED) is 0.838. The van der Waals surface area contributed by atoms with Gasteiger partial charge in [0.15, 0.2) is 5.69 Å². The first-order valence-electron chi connectivity index (χ1n) is 8.92. The summed E-state index contributed by atoms with van der Waals surface area (Å²) in [6.45, 7) is 0. The van der Waals surface area contributed by atoms with E-state index in [0.717, 1.165) is 36.4 Å². The lowest BCUT2D eigenvalue weighted by Crippen LogP contribution is -2.19. The summed E-state index contributed by atoms with van der Waals surface area (Å²) in [6.07, 6.45) is 1.56. The van der Waals surface area contributed by atoms with E-state index in [4.69, 9.17) is 5.73 Å². The van der Waals surface area contributed by atoms with E-state index in [0.29, 0.717) is 17.9 Å². The zero-order chi connectivity index (χ0) is 19.6. The Kier molecular flexibility index (Phi) is 5.38. The molecule has 1 aliphatic carbocycles. The first-order valence-corrected chi connectivity index (χ1v) is 8.92. The number of amides is 1. The molecule has 1 saturated carbocycles. The highest BCUT2D eigenvalue weighted by atomic mass is 19.4. The fourth-order valence-electron chi connectivity index (χ4n) is 3.47. The predicted molar refractivity (Wildman–Crippen MR) is 95.7 cm³/mol. The molecule has 0 unspecified atom stereocenters. The van der Waals surface area contributed by atoms with Gasteiger partial charge in [0.25, 0.3) is 0 Å². The number of carbonyl (C=O) groups is 1. The van der Waals surface area contributed by atoms with Gasteiger partial charge < -0.3 is 11.1 Å². The molecule has 2 heterocycles. The van der Waals surface area contributed by atoms with Crippen LogP contribution in [0.2, 0.25) is 0 Å². The number of nitrogen functional groups attached to an aromatic ring is 1. The second-order valence-corrected chi connectivity index (χ2v) is 6.92. The largest absolute Gasteiger partial charge is 0.435 e. The van der Waals surface area contributed by atoms with E-state index >= 15 is 0 Å². The van der Waals surface area contributed by atoms with Crippen molar-refractivity contribution in [1.29, 1.82) is 0 Å². The molecule has 27 heavy (non-hydrogen) atoms. The number of nitrogens with two attached hydrogens (primary N) is 1. The summed E-state index contributed by atoms with van der Waals surface area (Å²) in [7, 11) is 1.41. The molecule has 0 spiro atoms.